The summed E-state index contributed by atoms with van der Waals surface area (Å²) >= 11 is 5.26. The van der Waals surface area contributed by atoms with Gasteiger partial charge in [-0.25, -0.2) is 0 Å². The zero-order chi connectivity index (χ0) is 15.0. The average molecular weight is 303 g/mol. The van der Waals surface area contributed by atoms with Crippen molar-refractivity contribution in [2.75, 3.05) is 18.0 Å². The first kappa shape index (κ1) is 14.8. The van der Waals surface area contributed by atoms with Gasteiger partial charge in [-0.1, -0.05) is 25.1 Å². The van der Waals surface area contributed by atoms with Crippen molar-refractivity contribution in [3.8, 4) is 0 Å². The zero-order valence-corrected chi connectivity index (χ0v) is 13.9. The SMILES string of the molecule is Cc1cc(N2CCC3(CCCC3)CC2)c(C(N)=S)c(C)n1. The van der Waals surface area contributed by atoms with Crippen LogP contribution in [0.3, 0.4) is 0 Å². The second-order valence-corrected chi connectivity index (χ2v) is 7.24. The van der Waals surface area contributed by atoms with Gasteiger partial charge in [-0.2, -0.15) is 0 Å². The standard InChI is InChI=1S/C17H25N3S/c1-12-11-14(15(16(18)21)13(2)19-12)20-9-7-17(8-10-20)5-3-4-6-17/h11H,3-10H2,1-2H3,(H2,18,21). The molecule has 0 aromatic carbocycles. The summed E-state index contributed by atoms with van der Waals surface area (Å²) in [6.07, 6.45) is 8.32. The van der Waals surface area contributed by atoms with E-state index in [-0.39, 0.29) is 0 Å². The second-order valence-electron chi connectivity index (χ2n) is 6.80. The topological polar surface area (TPSA) is 42.1 Å². The molecule has 21 heavy (non-hydrogen) atoms. The lowest BCUT2D eigenvalue weighted by Gasteiger charge is -2.41. The van der Waals surface area contributed by atoms with Gasteiger partial charge in [0.15, 0.2) is 0 Å². The number of nitrogens with two attached hydrogens (primary N) is 1. The van der Waals surface area contributed by atoms with Crippen LogP contribution in [0.15, 0.2) is 6.07 Å². The first-order valence-electron chi connectivity index (χ1n) is 8.04. The summed E-state index contributed by atoms with van der Waals surface area (Å²) in [7, 11) is 0. The van der Waals surface area contributed by atoms with E-state index in [0.717, 1.165) is 30.0 Å². The maximum absolute atomic E-state index is 5.95. The molecule has 3 rings (SSSR count). The maximum atomic E-state index is 5.95. The summed E-state index contributed by atoms with van der Waals surface area (Å²) in [5.41, 5.74) is 10.8. The predicted octanol–water partition coefficient (Wildman–Crippen LogP) is 3.49. The van der Waals surface area contributed by atoms with Crippen LogP contribution < -0.4 is 10.6 Å². The van der Waals surface area contributed by atoms with Gasteiger partial charge in [-0.15, -0.1) is 0 Å². The van der Waals surface area contributed by atoms with E-state index < -0.39 is 0 Å². The number of piperidine rings is 1. The first-order valence-corrected chi connectivity index (χ1v) is 8.45. The van der Waals surface area contributed by atoms with Crippen molar-refractivity contribution in [2.24, 2.45) is 11.1 Å². The highest BCUT2D eigenvalue weighted by Crippen LogP contribution is 2.47. The molecule has 1 aliphatic carbocycles. The van der Waals surface area contributed by atoms with Gasteiger partial charge < -0.3 is 10.6 Å². The molecule has 1 aliphatic heterocycles. The van der Waals surface area contributed by atoms with E-state index >= 15 is 0 Å². The summed E-state index contributed by atoms with van der Waals surface area (Å²) in [6.45, 7) is 6.30. The Hall–Kier alpha value is -1.16. The quantitative estimate of drug-likeness (QED) is 0.849. The lowest BCUT2D eigenvalue weighted by atomic mass is 9.77. The molecule has 2 aliphatic rings. The fourth-order valence-electron chi connectivity index (χ4n) is 4.21. The minimum Gasteiger partial charge on any atom is -0.389 e. The Kier molecular flexibility index (Phi) is 3.91. The molecule has 0 amide bonds. The summed E-state index contributed by atoms with van der Waals surface area (Å²) in [6, 6.07) is 2.15. The van der Waals surface area contributed by atoms with Gasteiger partial charge in [0, 0.05) is 24.5 Å². The van der Waals surface area contributed by atoms with Gasteiger partial charge in [0.05, 0.1) is 11.3 Å². The van der Waals surface area contributed by atoms with Crippen LogP contribution in [0.5, 0.6) is 0 Å². The van der Waals surface area contributed by atoms with E-state index in [0.29, 0.717) is 10.4 Å². The minimum atomic E-state index is 0.469. The molecular formula is C17H25N3S. The van der Waals surface area contributed by atoms with E-state index in [1.165, 1.54) is 44.2 Å². The Balaban J connectivity index is 1.86. The van der Waals surface area contributed by atoms with Crippen LogP contribution in [0, 0.1) is 19.3 Å². The Morgan fingerprint density at radius 1 is 1.19 bits per heavy atom. The number of pyridine rings is 1. The van der Waals surface area contributed by atoms with Crippen LogP contribution in [-0.2, 0) is 0 Å². The van der Waals surface area contributed by atoms with E-state index in [9.17, 15) is 0 Å². The zero-order valence-electron chi connectivity index (χ0n) is 13.1. The summed E-state index contributed by atoms with van der Waals surface area (Å²) in [5.74, 6) is 0. The predicted molar refractivity (Wildman–Crippen MR) is 91.9 cm³/mol. The molecule has 1 saturated heterocycles. The molecule has 3 nitrogen and oxygen atoms in total. The van der Waals surface area contributed by atoms with E-state index in [4.69, 9.17) is 18.0 Å². The third-order valence-electron chi connectivity index (χ3n) is 5.38. The summed E-state index contributed by atoms with van der Waals surface area (Å²) in [4.78, 5) is 7.47. The van der Waals surface area contributed by atoms with Crippen molar-refractivity contribution in [2.45, 2.75) is 52.4 Å². The first-order chi connectivity index (χ1) is 10.0. The number of aryl methyl sites for hydroxylation is 2. The van der Waals surface area contributed by atoms with Crippen molar-refractivity contribution in [3.05, 3.63) is 23.0 Å². The third kappa shape index (κ3) is 2.78. The molecule has 2 heterocycles. The van der Waals surface area contributed by atoms with Crippen LogP contribution >= 0.6 is 12.2 Å². The monoisotopic (exact) mass is 303 g/mol. The van der Waals surface area contributed by atoms with Crippen molar-refractivity contribution >= 4 is 22.9 Å². The molecule has 1 saturated carbocycles. The number of aromatic nitrogens is 1. The van der Waals surface area contributed by atoms with Crippen LogP contribution in [0.2, 0.25) is 0 Å². The summed E-state index contributed by atoms with van der Waals surface area (Å²) < 4.78 is 0. The van der Waals surface area contributed by atoms with Crippen LogP contribution in [0.25, 0.3) is 0 Å². The molecular weight excluding hydrogens is 278 g/mol. The number of hydrogen-bond acceptors (Lipinski definition) is 3. The number of nitrogens with zero attached hydrogens (tertiary/aromatic N) is 2. The van der Waals surface area contributed by atoms with E-state index in [1.54, 1.807) is 0 Å². The van der Waals surface area contributed by atoms with E-state index in [2.05, 4.69) is 16.0 Å². The molecule has 0 radical (unpaired) electrons. The lowest BCUT2D eigenvalue weighted by Crippen LogP contribution is -2.40. The molecule has 2 N–H and O–H groups in total. The minimum absolute atomic E-state index is 0.469. The Morgan fingerprint density at radius 3 is 2.38 bits per heavy atom. The van der Waals surface area contributed by atoms with Gasteiger partial charge in [-0.05, 0) is 51.0 Å². The molecule has 114 valence electrons. The van der Waals surface area contributed by atoms with Crippen LogP contribution in [0.4, 0.5) is 5.69 Å². The highest BCUT2D eigenvalue weighted by molar-refractivity contribution is 7.80. The average Bonchev–Trinajstić information content (AvgIpc) is 2.86. The van der Waals surface area contributed by atoms with E-state index in [1.807, 2.05) is 13.8 Å². The Morgan fingerprint density at radius 2 is 1.81 bits per heavy atom. The Bertz CT molecular complexity index is 551. The second kappa shape index (κ2) is 5.56. The van der Waals surface area contributed by atoms with Gasteiger partial charge in [-0.3, -0.25) is 4.98 Å². The molecule has 0 unspecified atom stereocenters. The molecule has 0 bridgehead atoms. The number of hydrogen-bond donors (Lipinski definition) is 1. The number of thiocarbonyl (C=S) groups is 1. The largest absolute Gasteiger partial charge is 0.389 e. The lowest BCUT2D eigenvalue weighted by molar-refractivity contribution is 0.226. The molecule has 4 heteroatoms. The highest BCUT2D eigenvalue weighted by atomic mass is 32.1. The van der Waals surface area contributed by atoms with Gasteiger partial charge >= 0.3 is 0 Å². The van der Waals surface area contributed by atoms with Gasteiger partial charge in [0.25, 0.3) is 0 Å². The molecule has 2 fully saturated rings. The highest BCUT2D eigenvalue weighted by Gasteiger charge is 2.37. The van der Waals surface area contributed by atoms with Gasteiger partial charge in [0.2, 0.25) is 0 Å². The van der Waals surface area contributed by atoms with Crippen LogP contribution in [0.1, 0.15) is 55.5 Å². The van der Waals surface area contributed by atoms with Gasteiger partial charge in [0.1, 0.15) is 4.99 Å². The number of rotatable bonds is 2. The maximum Gasteiger partial charge on any atom is 0.107 e. The third-order valence-corrected chi connectivity index (χ3v) is 5.59. The smallest absolute Gasteiger partial charge is 0.107 e. The molecule has 1 aromatic heterocycles. The van der Waals surface area contributed by atoms with Crippen molar-refractivity contribution in [1.82, 2.24) is 4.98 Å². The molecule has 1 aromatic rings. The van der Waals surface area contributed by atoms with Crippen LogP contribution in [-0.4, -0.2) is 23.1 Å². The number of anilines is 1. The van der Waals surface area contributed by atoms with Crippen molar-refractivity contribution in [1.29, 1.82) is 0 Å². The van der Waals surface area contributed by atoms with Crippen molar-refractivity contribution in [3.63, 3.8) is 0 Å². The molecule has 1 spiro atoms. The fraction of sp³-hybridized carbons (Fsp3) is 0.647. The molecule has 0 atom stereocenters. The Labute approximate surface area is 132 Å². The van der Waals surface area contributed by atoms with Crippen molar-refractivity contribution < 1.29 is 0 Å². The fourth-order valence-corrected chi connectivity index (χ4v) is 4.46. The summed E-state index contributed by atoms with van der Waals surface area (Å²) in [5, 5.41) is 0. The normalized spacial score (nSPS) is 21.0.